The SMILES string of the molecule is C=C(C)CCNCCCCCOC. The fourth-order valence-electron chi connectivity index (χ4n) is 1.10. The van der Waals surface area contributed by atoms with Crippen molar-refractivity contribution < 1.29 is 4.74 Å². The molecule has 0 aliphatic heterocycles. The molecule has 0 spiro atoms. The van der Waals surface area contributed by atoms with Crippen LogP contribution in [0.15, 0.2) is 12.2 Å². The van der Waals surface area contributed by atoms with Crippen LogP contribution in [0.5, 0.6) is 0 Å². The molecule has 78 valence electrons. The molecule has 0 aliphatic carbocycles. The number of nitrogens with one attached hydrogen (secondary N) is 1. The van der Waals surface area contributed by atoms with Crippen LogP contribution in [0.4, 0.5) is 0 Å². The van der Waals surface area contributed by atoms with Crippen LogP contribution in [-0.2, 0) is 4.74 Å². The van der Waals surface area contributed by atoms with Gasteiger partial charge in [0, 0.05) is 13.7 Å². The van der Waals surface area contributed by atoms with E-state index in [-0.39, 0.29) is 0 Å². The molecule has 0 rings (SSSR count). The average molecular weight is 185 g/mol. The molecule has 0 aromatic rings. The van der Waals surface area contributed by atoms with E-state index in [1.807, 2.05) is 0 Å². The highest BCUT2D eigenvalue weighted by Crippen LogP contribution is 1.95. The van der Waals surface area contributed by atoms with Gasteiger partial charge in [-0.05, 0) is 45.7 Å². The van der Waals surface area contributed by atoms with E-state index in [4.69, 9.17) is 4.74 Å². The summed E-state index contributed by atoms with van der Waals surface area (Å²) in [6.07, 6.45) is 4.78. The Labute approximate surface area is 82.4 Å². The minimum Gasteiger partial charge on any atom is -0.385 e. The van der Waals surface area contributed by atoms with Gasteiger partial charge in [0.25, 0.3) is 0 Å². The van der Waals surface area contributed by atoms with E-state index >= 15 is 0 Å². The van der Waals surface area contributed by atoms with Crippen LogP contribution in [0.2, 0.25) is 0 Å². The zero-order valence-corrected chi connectivity index (χ0v) is 9.07. The number of hydrogen-bond donors (Lipinski definition) is 1. The van der Waals surface area contributed by atoms with E-state index in [0.717, 1.165) is 26.1 Å². The Balaban J connectivity index is 2.87. The molecule has 0 aliphatic rings. The van der Waals surface area contributed by atoms with Gasteiger partial charge in [0.1, 0.15) is 0 Å². The second kappa shape index (κ2) is 9.75. The minimum absolute atomic E-state index is 0.895. The second-order valence-electron chi connectivity index (χ2n) is 3.51. The first-order valence-electron chi connectivity index (χ1n) is 5.11. The Bertz CT molecular complexity index is 123. The molecule has 0 aromatic heterocycles. The summed E-state index contributed by atoms with van der Waals surface area (Å²) in [7, 11) is 1.76. The summed E-state index contributed by atoms with van der Waals surface area (Å²) < 4.78 is 4.97. The number of hydrogen-bond acceptors (Lipinski definition) is 2. The summed E-state index contributed by atoms with van der Waals surface area (Å²) in [5.74, 6) is 0. The molecular formula is C11H23NO. The fraction of sp³-hybridized carbons (Fsp3) is 0.818. The molecule has 0 saturated heterocycles. The van der Waals surface area contributed by atoms with Gasteiger partial charge >= 0.3 is 0 Å². The van der Waals surface area contributed by atoms with Gasteiger partial charge in [-0.25, -0.2) is 0 Å². The molecule has 0 bridgehead atoms. The van der Waals surface area contributed by atoms with Crippen molar-refractivity contribution in [2.24, 2.45) is 0 Å². The summed E-state index contributed by atoms with van der Waals surface area (Å²) in [6, 6.07) is 0. The molecular weight excluding hydrogens is 162 g/mol. The van der Waals surface area contributed by atoms with E-state index in [9.17, 15) is 0 Å². The normalized spacial score (nSPS) is 10.3. The maximum Gasteiger partial charge on any atom is 0.0462 e. The fourth-order valence-corrected chi connectivity index (χ4v) is 1.10. The van der Waals surface area contributed by atoms with Crippen LogP contribution >= 0.6 is 0 Å². The van der Waals surface area contributed by atoms with Crippen LogP contribution in [0.25, 0.3) is 0 Å². The lowest BCUT2D eigenvalue weighted by atomic mass is 10.2. The Morgan fingerprint density at radius 2 is 2.00 bits per heavy atom. The third-order valence-electron chi connectivity index (χ3n) is 1.93. The lowest BCUT2D eigenvalue weighted by Crippen LogP contribution is -2.16. The summed E-state index contributed by atoms with van der Waals surface area (Å²) in [4.78, 5) is 0. The van der Waals surface area contributed by atoms with Gasteiger partial charge in [-0.3, -0.25) is 0 Å². The van der Waals surface area contributed by atoms with E-state index in [1.54, 1.807) is 7.11 Å². The first kappa shape index (κ1) is 12.7. The van der Waals surface area contributed by atoms with Crippen molar-refractivity contribution in [1.82, 2.24) is 5.32 Å². The van der Waals surface area contributed by atoms with Gasteiger partial charge in [-0.15, -0.1) is 6.58 Å². The first-order valence-corrected chi connectivity index (χ1v) is 5.11. The molecule has 13 heavy (non-hydrogen) atoms. The quantitative estimate of drug-likeness (QED) is 0.440. The van der Waals surface area contributed by atoms with Crippen molar-refractivity contribution in [2.45, 2.75) is 32.6 Å². The molecule has 0 heterocycles. The Hall–Kier alpha value is -0.340. The molecule has 0 atom stereocenters. The first-order chi connectivity index (χ1) is 6.27. The van der Waals surface area contributed by atoms with Crippen molar-refractivity contribution in [1.29, 1.82) is 0 Å². The third kappa shape index (κ3) is 11.7. The van der Waals surface area contributed by atoms with Gasteiger partial charge < -0.3 is 10.1 Å². The van der Waals surface area contributed by atoms with Crippen LogP contribution in [0.1, 0.15) is 32.6 Å². The minimum atomic E-state index is 0.895. The predicted molar refractivity (Wildman–Crippen MR) is 58.0 cm³/mol. The third-order valence-corrected chi connectivity index (χ3v) is 1.93. The lowest BCUT2D eigenvalue weighted by molar-refractivity contribution is 0.192. The Morgan fingerprint density at radius 1 is 1.23 bits per heavy atom. The van der Waals surface area contributed by atoms with Gasteiger partial charge in [-0.2, -0.15) is 0 Å². The van der Waals surface area contributed by atoms with Crippen molar-refractivity contribution in [3.63, 3.8) is 0 Å². The molecule has 0 radical (unpaired) electrons. The van der Waals surface area contributed by atoms with Gasteiger partial charge in [0.05, 0.1) is 0 Å². The standard InChI is InChI=1S/C11H23NO/c1-11(2)7-9-12-8-5-4-6-10-13-3/h12H,1,4-10H2,2-3H3. The predicted octanol–water partition coefficient (Wildman–Crippen LogP) is 2.36. The topological polar surface area (TPSA) is 21.3 Å². The second-order valence-corrected chi connectivity index (χ2v) is 3.51. The summed E-state index contributed by atoms with van der Waals surface area (Å²) in [5.41, 5.74) is 1.26. The number of rotatable bonds is 9. The van der Waals surface area contributed by atoms with E-state index in [1.165, 1.54) is 24.8 Å². The average Bonchev–Trinajstić information content (AvgIpc) is 2.09. The van der Waals surface area contributed by atoms with Crippen LogP contribution in [-0.4, -0.2) is 26.8 Å². The van der Waals surface area contributed by atoms with E-state index in [2.05, 4.69) is 18.8 Å². The zero-order valence-electron chi connectivity index (χ0n) is 9.07. The van der Waals surface area contributed by atoms with E-state index in [0.29, 0.717) is 0 Å². The van der Waals surface area contributed by atoms with Crippen LogP contribution < -0.4 is 5.32 Å². The molecule has 1 N–H and O–H groups in total. The maximum absolute atomic E-state index is 4.97. The molecule has 0 fully saturated rings. The molecule has 2 heteroatoms. The largest absolute Gasteiger partial charge is 0.385 e. The van der Waals surface area contributed by atoms with Gasteiger partial charge in [0.15, 0.2) is 0 Å². The smallest absolute Gasteiger partial charge is 0.0462 e. The Kier molecular flexibility index (Phi) is 9.49. The van der Waals surface area contributed by atoms with Crippen molar-refractivity contribution in [2.75, 3.05) is 26.8 Å². The lowest BCUT2D eigenvalue weighted by Gasteiger charge is -2.03. The number of methoxy groups -OCH3 is 1. The summed E-state index contributed by atoms with van der Waals surface area (Å²) in [6.45, 7) is 9.01. The van der Waals surface area contributed by atoms with E-state index < -0.39 is 0 Å². The highest BCUT2D eigenvalue weighted by Gasteiger charge is 1.90. The molecule has 0 aromatic carbocycles. The van der Waals surface area contributed by atoms with Crippen molar-refractivity contribution in [3.8, 4) is 0 Å². The summed E-state index contributed by atoms with van der Waals surface area (Å²) in [5, 5.41) is 3.39. The molecule has 2 nitrogen and oxygen atoms in total. The van der Waals surface area contributed by atoms with Crippen LogP contribution in [0.3, 0.4) is 0 Å². The highest BCUT2D eigenvalue weighted by molar-refractivity contribution is 4.87. The van der Waals surface area contributed by atoms with Gasteiger partial charge in [0.2, 0.25) is 0 Å². The highest BCUT2D eigenvalue weighted by atomic mass is 16.5. The monoisotopic (exact) mass is 185 g/mol. The molecule has 0 saturated carbocycles. The van der Waals surface area contributed by atoms with Crippen molar-refractivity contribution in [3.05, 3.63) is 12.2 Å². The molecule has 0 unspecified atom stereocenters. The number of unbranched alkanes of at least 4 members (excludes halogenated alkanes) is 2. The molecule has 0 amide bonds. The Morgan fingerprint density at radius 3 is 2.62 bits per heavy atom. The summed E-state index contributed by atoms with van der Waals surface area (Å²) >= 11 is 0. The van der Waals surface area contributed by atoms with Crippen molar-refractivity contribution >= 4 is 0 Å². The maximum atomic E-state index is 4.97. The van der Waals surface area contributed by atoms with Gasteiger partial charge in [-0.1, -0.05) is 5.57 Å². The zero-order chi connectivity index (χ0) is 9.94. The number of ether oxygens (including phenoxy) is 1. The van der Waals surface area contributed by atoms with Crippen LogP contribution in [0, 0.1) is 0 Å².